The minimum atomic E-state index is -0.365. The fourth-order valence-electron chi connectivity index (χ4n) is 3.07. The van der Waals surface area contributed by atoms with Crippen molar-refractivity contribution in [2.24, 2.45) is 0 Å². The number of ether oxygens (including phenoxy) is 1. The Morgan fingerprint density at radius 1 is 1.07 bits per heavy atom. The Hall–Kier alpha value is -3.39. The standard InChI is InChI=1S/C21H18BrN5O2/c1-29-19-3-2-15(22)12-18(19)26-21(28)25-17-6-10-24-20-16(17)7-11-27(20)13-14-4-8-23-9-5-14/h2-12H,13H2,1H3,(H2,24,25,26,28). The molecule has 0 radical (unpaired) electrons. The maximum absolute atomic E-state index is 12.6. The minimum absolute atomic E-state index is 0.365. The summed E-state index contributed by atoms with van der Waals surface area (Å²) in [5.41, 5.74) is 3.16. The molecule has 0 saturated carbocycles. The second kappa shape index (κ2) is 8.32. The van der Waals surface area contributed by atoms with Gasteiger partial charge in [-0.1, -0.05) is 15.9 Å². The topological polar surface area (TPSA) is 81.1 Å². The Bertz CT molecular complexity index is 1160. The molecule has 0 aliphatic heterocycles. The molecule has 0 atom stereocenters. The van der Waals surface area contributed by atoms with Gasteiger partial charge in [0, 0.05) is 41.2 Å². The van der Waals surface area contributed by atoms with Crippen LogP contribution in [0.15, 0.2) is 71.7 Å². The molecule has 0 unspecified atom stereocenters. The van der Waals surface area contributed by atoms with E-state index in [1.54, 1.807) is 43.9 Å². The van der Waals surface area contributed by atoms with Crippen molar-refractivity contribution in [2.45, 2.75) is 6.54 Å². The largest absolute Gasteiger partial charge is 0.495 e. The number of anilines is 2. The third-order valence-corrected chi connectivity index (χ3v) is 4.92. The zero-order valence-electron chi connectivity index (χ0n) is 15.6. The molecule has 0 spiro atoms. The van der Waals surface area contributed by atoms with Gasteiger partial charge in [-0.2, -0.15) is 0 Å². The number of aromatic nitrogens is 3. The highest BCUT2D eigenvalue weighted by Crippen LogP contribution is 2.29. The van der Waals surface area contributed by atoms with Crippen molar-refractivity contribution in [3.8, 4) is 5.75 Å². The molecule has 29 heavy (non-hydrogen) atoms. The van der Waals surface area contributed by atoms with E-state index >= 15 is 0 Å². The molecule has 7 nitrogen and oxygen atoms in total. The van der Waals surface area contributed by atoms with Crippen LogP contribution in [0, 0.1) is 0 Å². The number of carbonyl (C=O) groups excluding carboxylic acids is 1. The van der Waals surface area contributed by atoms with Crippen molar-refractivity contribution < 1.29 is 9.53 Å². The predicted molar refractivity (Wildman–Crippen MR) is 116 cm³/mol. The normalized spacial score (nSPS) is 10.7. The number of amides is 2. The second-order valence-corrected chi connectivity index (χ2v) is 7.23. The first-order valence-electron chi connectivity index (χ1n) is 8.88. The number of nitrogens with zero attached hydrogens (tertiary/aromatic N) is 3. The third kappa shape index (κ3) is 4.22. The lowest BCUT2D eigenvalue weighted by atomic mass is 10.2. The van der Waals surface area contributed by atoms with Crippen LogP contribution < -0.4 is 15.4 Å². The lowest BCUT2D eigenvalue weighted by Gasteiger charge is -2.12. The number of urea groups is 1. The first-order valence-corrected chi connectivity index (χ1v) is 9.67. The number of pyridine rings is 2. The minimum Gasteiger partial charge on any atom is -0.495 e. The summed E-state index contributed by atoms with van der Waals surface area (Å²) in [5, 5.41) is 6.58. The SMILES string of the molecule is COc1ccc(Br)cc1NC(=O)Nc1ccnc2c1ccn2Cc1ccncc1. The van der Waals surface area contributed by atoms with Gasteiger partial charge in [-0.05, 0) is 48.0 Å². The Balaban J connectivity index is 1.55. The van der Waals surface area contributed by atoms with Crippen LogP contribution in [0.3, 0.4) is 0 Å². The van der Waals surface area contributed by atoms with Crippen LogP contribution in [0.25, 0.3) is 11.0 Å². The van der Waals surface area contributed by atoms with Crippen LogP contribution in [-0.2, 0) is 6.54 Å². The molecule has 8 heteroatoms. The maximum atomic E-state index is 12.6. The number of fused-ring (bicyclic) bond motifs is 1. The molecule has 4 rings (SSSR count). The van der Waals surface area contributed by atoms with E-state index in [2.05, 4.69) is 36.5 Å². The third-order valence-electron chi connectivity index (χ3n) is 4.42. The molecule has 0 bridgehead atoms. The van der Waals surface area contributed by atoms with Gasteiger partial charge in [-0.3, -0.25) is 4.98 Å². The average molecular weight is 452 g/mol. The quantitative estimate of drug-likeness (QED) is 0.452. The number of nitrogens with one attached hydrogen (secondary N) is 2. The second-order valence-electron chi connectivity index (χ2n) is 6.32. The summed E-state index contributed by atoms with van der Waals surface area (Å²) in [7, 11) is 1.56. The van der Waals surface area contributed by atoms with Gasteiger partial charge in [0.05, 0.1) is 18.5 Å². The monoisotopic (exact) mass is 451 g/mol. The highest BCUT2D eigenvalue weighted by molar-refractivity contribution is 9.10. The number of methoxy groups -OCH3 is 1. The van der Waals surface area contributed by atoms with Crippen molar-refractivity contribution in [3.05, 3.63) is 77.3 Å². The summed E-state index contributed by atoms with van der Waals surface area (Å²) in [6.07, 6.45) is 7.17. The number of hydrogen-bond acceptors (Lipinski definition) is 4. The van der Waals surface area contributed by atoms with Crippen LogP contribution in [-0.4, -0.2) is 27.7 Å². The van der Waals surface area contributed by atoms with Gasteiger partial charge < -0.3 is 19.9 Å². The predicted octanol–water partition coefficient (Wildman–Crippen LogP) is 4.89. The molecule has 0 aliphatic rings. The Labute approximate surface area is 175 Å². The lowest BCUT2D eigenvalue weighted by Crippen LogP contribution is -2.20. The number of hydrogen-bond donors (Lipinski definition) is 2. The van der Waals surface area contributed by atoms with Gasteiger partial charge in [0.1, 0.15) is 11.4 Å². The Morgan fingerprint density at radius 2 is 1.86 bits per heavy atom. The van der Waals surface area contributed by atoms with E-state index in [1.807, 2.05) is 35.0 Å². The molecule has 2 amide bonds. The van der Waals surface area contributed by atoms with Crippen LogP contribution in [0.5, 0.6) is 5.75 Å². The highest BCUT2D eigenvalue weighted by atomic mass is 79.9. The lowest BCUT2D eigenvalue weighted by molar-refractivity contribution is 0.262. The zero-order chi connectivity index (χ0) is 20.2. The van der Waals surface area contributed by atoms with Gasteiger partial charge in [0.2, 0.25) is 0 Å². The van der Waals surface area contributed by atoms with Gasteiger partial charge in [-0.15, -0.1) is 0 Å². The van der Waals surface area contributed by atoms with Gasteiger partial charge >= 0.3 is 6.03 Å². The average Bonchev–Trinajstić information content (AvgIpc) is 3.13. The summed E-state index contributed by atoms with van der Waals surface area (Å²) in [6, 6.07) is 12.7. The first-order chi connectivity index (χ1) is 14.1. The van der Waals surface area contributed by atoms with Crippen molar-refractivity contribution in [1.82, 2.24) is 14.5 Å². The van der Waals surface area contributed by atoms with Gasteiger partial charge in [0.25, 0.3) is 0 Å². The zero-order valence-corrected chi connectivity index (χ0v) is 17.2. The molecular weight excluding hydrogens is 434 g/mol. The Kier molecular flexibility index (Phi) is 5.44. The van der Waals surface area contributed by atoms with Crippen LogP contribution >= 0.6 is 15.9 Å². The maximum Gasteiger partial charge on any atom is 0.323 e. The molecule has 0 aliphatic carbocycles. The highest BCUT2D eigenvalue weighted by Gasteiger charge is 2.12. The number of rotatable bonds is 5. The van der Waals surface area contributed by atoms with Crippen molar-refractivity contribution in [1.29, 1.82) is 0 Å². The fraction of sp³-hybridized carbons (Fsp3) is 0.0952. The van der Waals surface area contributed by atoms with E-state index in [9.17, 15) is 4.79 Å². The van der Waals surface area contributed by atoms with Crippen molar-refractivity contribution in [2.75, 3.05) is 17.7 Å². The summed E-state index contributed by atoms with van der Waals surface area (Å²) in [5.74, 6) is 0.576. The molecule has 1 aromatic carbocycles. The Morgan fingerprint density at radius 3 is 2.66 bits per heavy atom. The molecule has 4 aromatic rings. The van der Waals surface area contributed by atoms with Crippen LogP contribution in [0.4, 0.5) is 16.2 Å². The molecule has 0 saturated heterocycles. The van der Waals surface area contributed by atoms with E-state index in [1.165, 1.54) is 0 Å². The first kappa shape index (κ1) is 18.9. The fourth-order valence-corrected chi connectivity index (χ4v) is 3.43. The van der Waals surface area contributed by atoms with E-state index in [0.717, 1.165) is 21.1 Å². The molecule has 0 fully saturated rings. The molecule has 146 valence electrons. The summed E-state index contributed by atoms with van der Waals surface area (Å²) < 4.78 is 8.17. The number of carbonyl (C=O) groups is 1. The molecule has 3 heterocycles. The number of benzene rings is 1. The van der Waals surface area contributed by atoms with Gasteiger partial charge in [0.15, 0.2) is 0 Å². The summed E-state index contributed by atoms with van der Waals surface area (Å²) in [6.45, 7) is 0.671. The van der Waals surface area contributed by atoms with E-state index in [-0.39, 0.29) is 6.03 Å². The van der Waals surface area contributed by atoms with Crippen LogP contribution in [0.1, 0.15) is 5.56 Å². The molecular formula is C21H18BrN5O2. The van der Waals surface area contributed by atoms with E-state index < -0.39 is 0 Å². The van der Waals surface area contributed by atoms with Gasteiger partial charge in [-0.25, -0.2) is 9.78 Å². The van der Waals surface area contributed by atoms with E-state index in [0.29, 0.717) is 23.7 Å². The molecule has 3 aromatic heterocycles. The summed E-state index contributed by atoms with van der Waals surface area (Å²) >= 11 is 3.40. The smallest absolute Gasteiger partial charge is 0.323 e. The van der Waals surface area contributed by atoms with E-state index in [4.69, 9.17) is 4.74 Å². The van der Waals surface area contributed by atoms with Crippen molar-refractivity contribution in [3.63, 3.8) is 0 Å². The molecule has 2 N–H and O–H groups in total. The summed E-state index contributed by atoms with van der Waals surface area (Å²) in [4.78, 5) is 21.1. The van der Waals surface area contributed by atoms with Crippen LogP contribution in [0.2, 0.25) is 0 Å². The number of halogens is 1. The van der Waals surface area contributed by atoms with Crippen molar-refractivity contribution >= 4 is 44.4 Å².